The fraction of sp³-hybridized carbons (Fsp3) is 0.600. The number of anilines is 1. The molecule has 1 aliphatic carbocycles. The van der Waals surface area contributed by atoms with E-state index < -0.39 is 5.54 Å². The Labute approximate surface area is 180 Å². The van der Waals surface area contributed by atoms with Gasteiger partial charge < -0.3 is 16.0 Å². The van der Waals surface area contributed by atoms with E-state index in [-0.39, 0.29) is 36.6 Å². The molecule has 2 aliphatic rings. The number of nitrogens with zero attached hydrogens (tertiary/aromatic N) is 2. The van der Waals surface area contributed by atoms with Crippen LogP contribution in [-0.2, 0) is 9.59 Å². The highest BCUT2D eigenvalue weighted by molar-refractivity contribution is 5.93. The predicted octanol–water partition coefficient (Wildman–Crippen LogP) is 2.50. The fourth-order valence-corrected chi connectivity index (χ4v) is 3.92. The Bertz CT molecular complexity index is 685. The quantitative estimate of drug-likeness (QED) is 0.768. The van der Waals surface area contributed by atoms with Gasteiger partial charge in [-0.2, -0.15) is 0 Å². The molecule has 1 heterocycles. The summed E-state index contributed by atoms with van der Waals surface area (Å²) >= 11 is 0. The first-order valence-corrected chi connectivity index (χ1v) is 9.56. The van der Waals surface area contributed by atoms with Gasteiger partial charge in [0.1, 0.15) is 0 Å². The standard InChI is InChI=1S/C20H30N4O2.2ClH/c1-15-6-5-7-17(16(15)2)22-18(25)14-23-10-12-24(13-11-23)19(26)20(21)8-3-4-9-20;;/h5-7H,3-4,8-14,21H2,1-2H3,(H,22,25);2*1H. The maximum Gasteiger partial charge on any atom is 0.242 e. The number of aryl methyl sites for hydroxylation is 1. The van der Waals surface area contributed by atoms with Gasteiger partial charge in [-0.25, -0.2) is 0 Å². The van der Waals surface area contributed by atoms with Gasteiger partial charge in [-0.05, 0) is 43.9 Å². The summed E-state index contributed by atoms with van der Waals surface area (Å²) in [6.07, 6.45) is 3.68. The van der Waals surface area contributed by atoms with E-state index in [0.29, 0.717) is 32.7 Å². The van der Waals surface area contributed by atoms with Crippen molar-refractivity contribution < 1.29 is 9.59 Å². The number of carbonyl (C=O) groups excluding carboxylic acids is 2. The Morgan fingerprint density at radius 1 is 1.07 bits per heavy atom. The molecule has 0 spiro atoms. The Kier molecular flexibility index (Phi) is 9.21. The van der Waals surface area contributed by atoms with E-state index in [0.717, 1.165) is 42.5 Å². The zero-order chi connectivity index (χ0) is 18.7. The van der Waals surface area contributed by atoms with Crippen LogP contribution in [0.1, 0.15) is 36.8 Å². The van der Waals surface area contributed by atoms with Gasteiger partial charge in [0.15, 0.2) is 0 Å². The van der Waals surface area contributed by atoms with Gasteiger partial charge in [0.25, 0.3) is 0 Å². The van der Waals surface area contributed by atoms with Crippen LogP contribution in [0.15, 0.2) is 18.2 Å². The number of nitrogens with two attached hydrogens (primary N) is 1. The lowest BCUT2D eigenvalue weighted by atomic mass is 9.97. The van der Waals surface area contributed by atoms with Crippen molar-refractivity contribution in [2.45, 2.75) is 45.1 Å². The first kappa shape index (κ1) is 24.7. The summed E-state index contributed by atoms with van der Waals surface area (Å²) in [5, 5.41) is 3.00. The van der Waals surface area contributed by atoms with Crippen LogP contribution in [0, 0.1) is 13.8 Å². The average molecular weight is 431 g/mol. The molecule has 1 saturated carbocycles. The van der Waals surface area contributed by atoms with Crippen molar-refractivity contribution in [3.8, 4) is 0 Å². The summed E-state index contributed by atoms with van der Waals surface area (Å²) in [6.45, 7) is 7.12. The third kappa shape index (κ3) is 5.60. The molecule has 3 N–H and O–H groups in total. The van der Waals surface area contributed by atoms with Gasteiger partial charge >= 0.3 is 0 Å². The van der Waals surface area contributed by atoms with Crippen LogP contribution in [-0.4, -0.2) is 59.9 Å². The van der Waals surface area contributed by atoms with Gasteiger partial charge in [-0.15, -0.1) is 24.8 Å². The summed E-state index contributed by atoms with van der Waals surface area (Å²) in [4.78, 5) is 29.0. The Morgan fingerprint density at radius 3 is 2.29 bits per heavy atom. The normalized spacial score (nSPS) is 18.8. The molecule has 0 unspecified atom stereocenters. The molecule has 1 aromatic rings. The third-order valence-electron chi connectivity index (χ3n) is 5.83. The van der Waals surface area contributed by atoms with Crippen LogP contribution in [0.4, 0.5) is 5.69 Å². The van der Waals surface area contributed by atoms with Crippen molar-refractivity contribution in [2.24, 2.45) is 5.73 Å². The SMILES string of the molecule is Cc1cccc(NC(=O)CN2CCN(C(=O)C3(N)CCCC3)CC2)c1C.Cl.Cl. The number of hydrogen-bond donors (Lipinski definition) is 2. The first-order valence-electron chi connectivity index (χ1n) is 9.56. The monoisotopic (exact) mass is 430 g/mol. The van der Waals surface area contributed by atoms with E-state index in [9.17, 15) is 9.59 Å². The summed E-state index contributed by atoms with van der Waals surface area (Å²) < 4.78 is 0. The highest BCUT2D eigenvalue weighted by Crippen LogP contribution is 2.29. The Balaban J connectivity index is 0.00000196. The Hall–Kier alpha value is -1.34. The second-order valence-corrected chi connectivity index (χ2v) is 7.73. The maximum atomic E-state index is 12.7. The van der Waals surface area contributed by atoms with E-state index in [2.05, 4.69) is 10.2 Å². The summed E-state index contributed by atoms with van der Waals surface area (Å²) in [5.74, 6) is 0.0825. The van der Waals surface area contributed by atoms with Crippen LogP contribution >= 0.6 is 24.8 Å². The van der Waals surface area contributed by atoms with Crippen LogP contribution in [0.3, 0.4) is 0 Å². The molecule has 158 valence electrons. The number of carbonyl (C=O) groups is 2. The van der Waals surface area contributed by atoms with Gasteiger partial charge in [0, 0.05) is 31.9 Å². The van der Waals surface area contributed by atoms with Crippen LogP contribution in [0.2, 0.25) is 0 Å². The lowest BCUT2D eigenvalue weighted by Crippen LogP contribution is -2.58. The van der Waals surface area contributed by atoms with E-state index in [4.69, 9.17) is 5.73 Å². The number of halogens is 2. The van der Waals surface area contributed by atoms with E-state index >= 15 is 0 Å². The van der Waals surface area contributed by atoms with E-state index in [1.807, 2.05) is 36.9 Å². The van der Waals surface area contributed by atoms with Gasteiger partial charge in [-0.3, -0.25) is 14.5 Å². The van der Waals surface area contributed by atoms with Crippen LogP contribution < -0.4 is 11.1 Å². The van der Waals surface area contributed by atoms with Crippen molar-refractivity contribution in [3.05, 3.63) is 29.3 Å². The second-order valence-electron chi connectivity index (χ2n) is 7.73. The van der Waals surface area contributed by atoms with Crippen LogP contribution in [0.25, 0.3) is 0 Å². The van der Waals surface area contributed by atoms with Gasteiger partial charge in [0.05, 0.1) is 12.1 Å². The zero-order valence-corrected chi connectivity index (χ0v) is 18.3. The molecule has 0 bridgehead atoms. The largest absolute Gasteiger partial charge is 0.339 e. The topological polar surface area (TPSA) is 78.7 Å². The van der Waals surface area contributed by atoms with Gasteiger partial charge in [-0.1, -0.05) is 25.0 Å². The van der Waals surface area contributed by atoms with Crippen molar-refractivity contribution >= 4 is 42.3 Å². The number of hydrogen-bond acceptors (Lipinski definition) is 4. The number of rotatable bonds is 4. The minimum atomic E-state index is -0.651. The number of benzene rings is 1. The molecule has 1 aliphatic heterocycles. The highest BCUT2D eigenvalue weighted by Gasteiger charge is 2.40. The first-order chi connectivity index (χ1) is 12.4. The smallest absolute Gasteiger partial charge is 0.242 e. The van der Waals surface area contributed by atoms with Gasteiger partial charge in [0.2, 0.25) is 11.8 Å². The summed E-state index contributed by atoms with van der Waals surface area (Å²) in [5.41, 5.74) is 8.77. The minimum absolute atomic E-state index is 0. The Morgan fingerprint density at radius 2 is 1.68 bits per heavy atom. The predicted molar refractivity (Wildman–Crippen MR) is 117 cm³/mol. The van der Waals surface area contributed by atoms with E-state index in [1.54, 1.807) is 0 Å². The molecule has 1 saturated heterocycles. The molecule has 3 rings (SSSR count). The molecule has 2 amide bonds. The van der Waals surface area contributed by atoms with Crippen molar-refractivity contribution in [3.63, 3.8) is 0 Å². The van der Waals surface area contributed by atoms with Crippen molar-refractivity contribution in [2.75, 3.05) is 38.0 Å². The number of piperazine rings is 1. The fourth-order valence-electron chi connectivity index (χ4n) is 3.92. The maximum absolute atomic E-state index is 12.7. The molecular weight excluding hydrogens is 399 g/mol. The van der Waals surface area contributed by atoms with Crippen LogP contribution in [0.5, 0.6) is 0 Å². The molecular formula is C20H32Cl2N4O2. The lowest BCUT2D eigenvalue weighted by Gasteiger charge is -2.38. The molecule has 1 aromatic carbocycles. The summed E-state index contributed by atoms with van der Waals surface area (Å²) in [7, 11) is 0. The molecule has 8 heteroatoms. The number of nitrogens with one attached hydrogen (secondary N) is 1. The highest BCUT2D eigenvalue weighted by atomic mass is 35.5. The van der Waals surface area contributed by atoms with E-state index in [1.165, 1.54) is 0 Å². The summed E-state index contributed by atoms with van der Waals surface area (Å²) in [6, 6.07) is 5.92. The molecule has 0 aromatic heterocycles. The molecule has 6 nitrogen and oxygen atoms in total. The molecule has 0 radical (unpaired) electrons. The molecule has 28 heavy (non-hydrogen) atoms. The lowest BCUT2D eigenvalue weighted by molar-refractivity contribution is -0.138. The minimum Gasteiger partial charge on any atom is -0.339 e. The molecule has 0 atom stereocenters. The number of amides is 2. The average Bonchev–Trinajstić information content (AvgIpc) is 3.07. The second kappa shape index (κ2) is 10.4. The molecule has 2 fully saturated rings. The zero-order valence-electron chi connectivity index (χ0n) is 16.7. The third-order valence-corrected chi connectivity index (χ3v) is 5.83. The van der Waals surface area contributed by atoms with Crippen molar-refractivity contribution in [1.29, 1.82) is 0 Å². The van der Waals surface area contributed by atoms with Crippen molar-refractivity contribution in [1.82, 2.24) is 9.80 Å².